The normalized spacial score (nSPS) is 14.4. The van der Waals surface area contributed by atoms with Crippen LogP contribution in [0.4, 0.5) is 15.9 Å². The van der Waals surface area contributed by atoms with Gasteiger partial charge in [-0.05, 0) is 23.6 Å². The van der Waals surface area contributed by atoms with Crippen LogP contribution >= 0.6 is 11.3 Å². The predicted molar refractivity (Wildman–Crippen MR) is 109 cm³/mol. The van der Waals surface area contributed by atoms with Crippen LogP contribution in [0.1, 0.15) is 0 Å². The maximum Gasteiger partial charge on any atom is 0.263 e. The molecule has 1 saturated heterocycles. The molecule has 0 aliphatic carbocycles. The van der Waals surface area contributed by atoms with Crippen LogP contribution in [0.15, 0.2) is 58.8 Å². The zero-order valence-electron chi connectivity index (χ0n) is 15.4. The van der Waals surface area contributed by atoms with Crippen molar-refractivity contribution in [3.05, 3.63) is 60.1 Å². The number of rotatable bonds is 4. The van der Waals surface area contributed by atoms with E-state index < -0.39 is 0 Å². The van der Waals surface area contributed by atoms with Crippen LogP contribution in [0, 0.1) is 5.82 Å². The summed E-state index contributed by atoms with van der Waals surface area (Å²) in [5.74, 6) is 1.49. The van der Waals surface area contributed by atoms with Crippen LogP contribution in [0.5, 0.6) is 0 Å². The Morgan fingerprint density at radius 1 is 1.00 bits per heavy atom. The first-order chi connectivity index (χ1) is 14.3. The maximum atomic E-state index is 14.1. The lowest BCUT2D eigenvalue weighted by Gasteiger charge is -2.37. The smallest absolute Gasteiger partial charge is 0.263 e. The summed E-state index contributed by atoms with van der Waals surface area (Å²) < 4.78 is 19.6. The van der Waals surface area contributed by atoms with Gasteiger partial charge in [-0.3, -0.25) is 0 Å². The minimum absolute atomic E-state index is 0.198. The van der Waals surface area contributed by atoms with Crippen molar-refractivity contribution in [1.82, 2.24) is 20.1 Å². The number of thiophene rings is 1. The van der Waals surface area contributed by atoms with E-state index in [1.165, 1.54) is 12.4 Å². The molecule has 0 saturated carbocycles. The average Bonchev–Trinajstić information content (AvgIpc) is 3.46. The van der Waals surface area contributed by atoms with Gasteiger partial charge in [0.15, 0.2) is 0 Å². The van der Waals surface area contributed by atoms with Crippen molar-refractivity contribution >= 4 is 22.8 Å². The lowest BCUT2D eigenvalue weighted by molar-refractivity contribution is 0.432. The fourth-order valence-electron chi connectivity index (χ4n) is 3.43. The summed E-state index contributed by atoms with van der Waals surface area (Å²) in [6, 6.07) is 10.8. The van der Waals surface area contributed by atoms with Gasteiger partial charge in [-0.25, -0.2) is 14.4 Å². The number of anilines is 2. The third kappa shape index (κ3) is 3.44. The molecule has 3 aromatic heterocycles. The van der Waals surface area contributed by atoms with Gasteiger partial charge in [0.1, 0.15) is 23.5 Å². The molecule has 0 unspecified atom stereocenters. The first-order valence-corrected chi connectivity index (χ1v) is 10.1. The van der Waals surface area contributed by atoms with E-state index in [9.17, 15) is 4.39 Å². The topological polar surface area (TPSA) is 71.2 Å². The number of hydrogen-bond acceptors (Lipinski definition) is 8. The molecule has 0 atom stereocenters. The van der Waals surface area contributed by atoms with Gasteiger partial charge in [-0.15, -0.1) is 11.3 Å². The van der Waals surface area contributed by atoms with E-state index in [4.69, 9.17) is 4.52 Å². The molecule has 29 heavy (non-hydrogen) atoms. The summed E-state index contributed by atoms with van der Waals surface area (Å²) >= 11 is 1.55. The molecule has 0 N–H and O–H groups in total. The minimum Gasteiger partial charge on any atom is -0.366 e. The minimum atomic E-state index is -0.198. The third-order valence-electron chi connectivity index (χ3n) is 4.86. The molecule has 1 aliphatic rings. The van der Waals surface area contributed by atoms with Crippen molar-refractivity contribution in [2.24, 2.45) is 0 Å². The van der Waals surface area contributed by atoms with E-state index >= 15 is 0 Å². The molecule has 1 fully saturated rings. The van der Waals surface area contributed by atoms with Crippen molar-refractivity contribution in [3.63, 3.8) is 0 Å². The lowest BCUT2D eigenvalue weighted by atomic mass is 10.2. The Kier molecular flexibility index (Phi) is 4.65. The van der Waals surface area contributed by atoms with Crippen molar-refractivity contribution in [2.45, 2.75) is 0 Å². The monoisotopic (exact) mass is 408 g/mol. The molecule has 0 spiro atoms. The second-order valence-corrected chi connectivity index (χ2v) is 7.53. The van der Waals surface area contributed by atoms with E-state index in [0.29, 0.717) is 49.1 Å². The molecule has 1 aromatic carbocycles. The van der Waals surface area contributed by atoms with Gasteiger partial charge in [0, 0.05) is 32.4 Å². The molecular weight excluding hydrogens is 391 g/mol. The summed E-state index contributed by atoms with van der Waals surface area (Å²) in [7, 11) is 0. The number of halogens is 1. The van der Waals surface area contributed by atoms with Crippen molar-refractivity contribution in [3.8, 4) is 22.2 Å². The van der Waals surface area contributed by atoms with E-state index in [2.05, 4.69) is 25.0 Å². The summed E-state index contributed by atoms with van der Waals surface area (Å²) in [5.41, 5.74) is 1.33. The largest absolute Gasteiger partial charge is 0.366 e. The van der Waals surface area contributed by atoms with Gasteiger partial charge in [-0.2, -0.15) is 4.98 Å². The van der Waals surface area contributed by atoms with E-state index in [1.54, 1.807) is 23.6 Å². The molecule has 9 heteroatoms. The molecule has 0 radical (unpaired) electrons. The molecule has 5 rings (SSSR count). The third-order valence-corrected chi connectivity index (χ3v) is 5.73. The number of nitrogens with zero attached hydrogens (tertiary/aromatic N) is 6. The van der Waals surface area contributed by atoms with Gasteiger partial charge in [-0.1, -0.05) is 23.4 Å². The Bertz CT molecular complexity index is 1110. The molecule has 4 heterocycles. The number of para-hydroxylation sites is 1. The van der Waals surface area contributed by atoms with Crippen molar-refractivity contribution in [1.29, 1.82) is 0 Å². The second-order valence-electron chi connectivity index (χ2n) is 6.59. The zero-order valence-corrected chi connectivity index (χ0v) is 16.2. The second kappa shape index (κ2) is 7.59. The Balaban J connectivity index is 1.38. The molecular formula is C20H17FN6OS. The number of hydrogen-bond donors (Lipinski definition) is 0. The molecule has 1 aliphatic heterocycles. The zero-order chi connectivity index (χ0) is 19.6. The van der Waals surface area contributed by atoms with Gasteiger partial charge in [0.05, 0.1) is 10.6 Å². The van der Waals surface area contributed by atoms with Crippen molar-refractivity contribution in [2.75, 3.05) is 36.0 Å². The van der Waals surface area contributed by atoms with Gasteiger partial charge in [0.2, 0.25) is 5.82 Å². The fourth-order valence-corrected chi connectivity index (χ4v) is 4.08. The van der Waals surface area contributed by atoms with E-state index in [1.807, 2.05) is 34.5 Å². The highest BCUT2D eigenvalue weighted by Crippen LogP contribution is 2.31. The Morgan fingerprint density at radius 3 is 2.62 bits per heavy atom. The van der Waals surface area contributed by atoms with Crippen LogP contribution < -0.4 is 9.80 Å². The Hall–Kier alpha value is -3.33. The maximum absolute atomic E-state index is 14.1. The summed E-state index contributed by atoms with van der Waals surface area (Å²) in [6.07, 6.45) is 3.20. The van der Waals surface area contributed by atoms with Crippen LogP contribution in [-0.4, -0.2) is 46.3 Å². The average molecular weight is 408 g/mol. The van der Waals surface area contributed by atoms with Crippen LogP contribution in [-0.2, 0) is 0 Å². The highest BCUT2D eigenvalue weighted by atomic mass is 32.1. The molecule has 146 valence electrons. The number of piperazine rings is 1. The lowest BCUT2D eigenvalue weighted by Crippen LogP contribution is -2.47. The Morgan fingerprint density at radius 2 is 1.83 bits per heavy atom. The van der Waals surface area contributed by atoms with Crippen LogP contribution in [0.2, 0.25) is 0 Å². The highest BCUT2D eigenvalue weighted by Gasteiger charge is 2.24. The highest BCUT2D eigenvalue weighted by molar-refractivity contribution is 7.13. The standard InChI is InChI=1S/C20H17FN6OS/c21-15-4-1-2-5-16(15)26-7-9-27(10-8-26)19-14(12-22-13-23-19)20-24-18(25-28-20)17-6-3-11-29-17/h1-6,11-13H,7-10H2. The van der Waals surface area contributed by atoms with Gasteiger partial charge in [0.25, 0.3) is 5.89 Å². The fraction of sp³-hybridized carbons (Fsp3) is 0.200. The molecule has 0 amide bonds. The number of aromatic nitrogens is 4. The SMILES string of the molecule is Fc1ccccc1N1CCN(c2ncncc2-c2nc(-c3cccs3)no2)CC1. The Labute approximate surface area is 170 Å². The van der Waals surface area contributed by atoms with Crippen LogP contribution in [0.25, 0.3) is 22.2 Å². The quantitative estimate of drug-likeness (QED) is 0.510. The first-order valence-electron chi connectivity index (χ1n) is 9.22. The number of benzene rings is 1. The molecule has 7 nitrogen and oxygen atoms in total. The summed E-state index contributed by atoms with van der Waals surface area (Å²) in [5, 5.41) is 6.05. The molecule has 0 bridgehead atoms. The molecule has 4 aromatic rings. The van der Waals surface area contributed by atoms with Gasteiger partial charge < -0.3 is 14.3 Å². The van der Waals surface area contributed by atoms with E-state index in [-0.39, 0.29) is 5.82 Å². The summed E-state index contributed by atoms with van der Waals surface area (Å²) in [6.45, 7) is 2.78. The van der Waals surface area contributed by atoms with Crippen LogP contribution in [0.3, 0.4) is 0 Å². The van der Waals surface area contributed by atoms with Gasteiger partial charge >= 0.3 is 0 Å². The first kappa shape index (κ1) is 17.7. The summed E-state index contributed by atoms with van der Waals surface area (Å²) in [4.78, 5) is 18.3. The van der Waals surface area contributed by atoms with Crippen molar-refractivity contribution < 1.29 is 8.91 Å². The van der Waals surface area contributed by atoms with E-state index in [0.717, 1.165) is 10.7 Å². The predicted octanol–water partition coefficient (Wildman–Crippen LogP) is 3.72.